The lowest BCUT2D eigenvalue weighted by Crippen LogP contribution is -2.49. The van der Waals surface area contributed by atoms with Gasteiger partial charge in [-0.3, -0.25) is 4.79 Å². The van der Waals surface area contributed by atoms with Gasteiger partial charge in [0, 0.05) is 0 Å². The van der Waals surface area contributed by atoms with E-state index in [0.717, 1.165) is 19.4 Å². The minimum Gasteiger partial charge on any atom is -0.368 e. The highest BCUT2D eigenvalue weighted by Crippen LogP contribution is 2.37. The number of amides is 1. The van der Waals surface area contributed by atoms with Crippen LogP contribution in [0.2, 0.25) is 0 Å². The van der Waals surface area contributed by atoms with Crippen LogP contribution in [-0.2, 0) is 4.79 Å². The average Bonchev–Trinajstić information content (AvgIpc) is 2.44. The summed E-state index contributed by atoms with van der Waals surface area (Å²) in [7, 11) is 0. The predicted octanol–water partition coefficient (Wildman–Crippen LogP) is 2.26. The van der Waals surface area contributed by atoms with Gasteiger partial charge in [0.1, 0.15) is 0 Å². The number of piperidine rings is 1. The molecular weight excluding hydrogens is 250 g/mol. The third-order valence-corrected chi connectivity index (χ3v) is 5.40. The van der Waals surface area contributed by atoms with Gasteiger partial charge < -0.3 is 16.4 Å². The fourth-order valence-electron chi connectivity index (χ4n) is 3.16. The Labute approximate surface area is 124 Å². The molecule has 1 saturated heterocycles. The molecule has 4 nitrogen and oxygen atoms in total. The molecular formula is C16H33N3O. The number of rotatable bonds is 8. The number of nitrogens with two attached hydrogens (primary N) is 2. The first kappa shape index (κ1) is 17.4. The molecule has 1 aliphatic heterocycles. The highest BCUT2D eigenvalue weighted by Gasteiger charge is 2.31. The van der Waals surface area contributed by atoms with Crippen LogP contribution < -0.4 is 11.5 Å². The maximum atomic E-state index is 11.1. The second kappa shape index (κ2) is 7.41. The van der Waals surface area contributed by atoms with Gasteiger partial charge in [-0.1, -0.05) is 26.7 Å². The number of likely N-dealkylation sites (tertiary alicyclic amines) is 1. The lowest BCUT2D eigenvalue weighted by molar-refractivity contribution is -0.122. The van der Waals surface area contributed by atoms with Crippen molar-refractivity contribution in [3.63, 3.8) is 0 Å². The summed E-state index contributed by atoms with van der Waals surface area (Å²) in [5, 5.41) is 0. The van der Waals surface area contributed by atoms with Gasteiger partial charge in [0.25, 0.3) is 0 Å². The van der Waals surface area contributed by atoms with Gasteiger partial charge in [-0.25, -0.2) is 0 Å². The molecule has 0 aliphatic carbocycles. The van der Waals surface area contributed by atoms with Crippen LogP contribution >= 0.6 is 0 Å². The van der Waals surface area contributed by atoms with E-state index in [1.165, 1.54) is 38.8 Å². The molecule has 4 heteroatoms. The molecule has 0 saturated carbocycles. The zero-order chi connectivity index (χ0) is 15.2. The van der Waals surface area contributed by atoms with E-state index in [-0.39, 0.29) is 0 Å². The molecule has 0 radical (unpaired) electrons. The highest BCUT2D eigenvalue weighted by molar-refractivity contribution is 5.83. The topological polar surface area (TPSA) is 72.3 Å². The number of hydrogen-bond donors (Lipinski definition) is 2. The van der Waals surface area contributed by atoms with Crippen molar-refractivity contribution >= 4 is 5.91 Å². The van der Waals surface area contributed by atoms with E-state index in [9.17, 15) is 4.79 Å². The minimum atomic E-state index is -0.846. The second-order valence-corrected chi connectivity index (χ2v) is 6.79. The maximum absolute atomic E-state index is 11.1. The molecule has 0 spiro atoms. The Balaban J connectivity index is 2.21. The van der Waals surface area contributed by atoms with Crippen LogP contribution in [0, 0.1) is 5.41 Å². The van der Waals surface area contributed by atoms with Crippen LogP contribution in [0.15, 0.2) is 0 Å². The lowest BCUT2D eigenvalue weighted by atomic mass is 9.74. The molecule has 1 fully saturated rings. The zero-order valence-corrected chi connectivity index (χ0v) is 13.6. The van der Waals surface area contributed by atoms with Crippen LogP contribution in [0.3, 0.4) is 0 Å². The van der Waals surface area contributed by atoms with E-state index in [4.69, 9.17) is 11.5 Å². The summed E-state index contributed by atoms with van der Waals surface area (Å²) in [5.74, 6) is -0.397. The van der Waals surface area contributed by atoms with Gasteiger partial charge in [-0.2, -0.15) is 0 Å². The fourth-order valence-corrected chi connectivity index (χ4v) is 3.16. The van der Waals surface area contributed by atoms with Crippen LogP contribution in [-0.4, -0.2) is 36.0 Å². The molecule has 1 amide bonds. The van der Waals surface area contributed by atoms with E-state index >= 15 is 0 Å². The van der Waals surface area contributed by atoms with E-state index in [2.05, 4.69) is 18.7 Å². The lowest BCUT2D eigenvalue weighted by Gasteiger charge is -2.41. The predicted molar refractivity (Wildman–Crippen MR) is 84.3 cm³/mol. The Morgan fingerprint density at radius 1 is 1.20 bits per heavy atom. The van der Waals surface area contributed by atoms with Crippen molar-refractivity contribution in [2.45, 2.75) is 71.3 Å². The molecule has 1 unspecified atom stereocenters. The normalized spacial score (nSPS) is 22.4. The Hall–Kier alpha value is -0.610. The first-order chi connectivity index (χ1) is 9.35. The molecule has 0 bridgehead atoms. The molecule has 1 aliphatic rings. The summed E-state index contributed by atoms with van der Waals surface area (Å²) in [6, 6.07) is 0. The molecule has 20 heavy (non-hydrogen) atoms. The van der Waals surface area contributed by atoms with Gasteiger partial charge in [0.05, 0.1) is 5.54 Å². The molecule has 1 atom stereocenters. The van der Waals surface area contributed by atoms with Crippen molar-refractivity contribution in [3.8, 4) is 0 Å². The van der Waals surface area contributed by atoms with E-state index in [1.54, 1.807) is 6.92 Å². The number of primary amides is 1. The molecule has 118 valence electrons. The van der Waals surface area contributed by atoms with Gasteiger partial charge >= 0.3 is 0 Å². The quantitative estimate of drug-likeness (QED) is 0.671. The van der Waals surface area contributed by atoms with Crippen molar-refractivity contribution in [2.24, 2.45) is 16.9 Å². The van der Waals surface area contributed by atoms with Crippen molar-refractivity contribution in [1.82, 2.24) is 4.90 Å². The summed E-state index contributed by atoms with van der Waals surface area (Å²) in [5.41, 5.74) is 10.9. The number of hydrogen-bond acceptors (Lipinski definition) is 3. The van der Waals surface area contributed by atoms with Crippen molar-refractivity contribution in [2.75, 3.05) is 19.6 Å². The van der Waals surface area contributed by atoms with Crippen LogP contribution in [0.5, 0.6) is 0 Å². The molecule has 4 N–H and O–H groups in total. The molecule has 0 aromatic carbocycles. The Morgan fingerprint density at radius 2 is 1.75 bits per heavy atom. The van der Waals surface area contributed by atoms with Crippen LogP contribution in [0.1, 0.15) is 65.7 Å². The van der Waals surface area contributed by atoms with E-state index in [0.29, 0.717) is 11.8 Å². The summed E-state index contributed by atoms with van der Waals surface area (Å²) < 4.78 is 0. The third kappa shape index (κ3) is 4.74. The summed E-state index contributed by atoms with van der Waals surface area (Å²) in [6.45, 7) is 9.94. The Morgan fingerprint density at radius 3 is 2.20 bits per heavy atom. The summed E-state index contributed by atoms with van der Waals surface area (Å²) >= 11 is 0. The SMILES string of the molecule is CCC1(CC)CCN(CCCCC(C)(N)C(N)=O)CC1. The molecule has 1 rings (SSSR count). The van der Waals surface area contributed by atoms with E-state index < -0.39 is 11.4 Å². The maximum Gasteiger partial charge on any atom is 0.237 e. The van der Waals surface area contributed by atoms with Gasteiger partial charge in [-0.15, -0.1) is 0 Å². The van der Waals surface area contributed by atoms with Gasteiger partial charge in [0.15, 0.2) is 0 Å². The molecule has 0 aromatic rings. The van der Waals surface area contributed by atoms with E-state index in [1.807, 2.05) is 0 Å². The number of unbranched alkanes of at least 4 members (excludes halogenated alkanes) is 1. The number of carbonyl (C=O) groups excluding carboxylic acids is 1. The first-order valence-corrected chi connectivity index (χ1v) is 8.16. The highest BCUT2D eigenvalue weighted by atomic mass is 16.1. The summed E-state index contributed by atoms with van der Waals surface area (Å²) in [6.07, 6.45) is 8.03. The zero-order valence-electron chi connectivity index (χ0n) is 13.6. The fraction of sp³-hybridized carbons (Fsp3) is 0.938. The Kier molecular flexibility index (Phi) is 6.46. The van der Waals surface area contributed by atoms with Gasteiger partial charge in [0.2, 0.25) is 5.91 Å². The molecule has 1 heterocycles. The molecule has 0 aromatic heterocycles. The van der Waals surface area contributed by atoms with Crippen molar-refractivity contribution < 1.29 is 4.79 Å². The number of nitrogens with zero attached hydrogens (tertiary/aromatic N) is 1. The van der Waals surface area contributed by atoms with Crippen LogP contribution in [0.25, 0.3) is 0 Å². The van der Waals surface area contributed by atoms with Gasteiger partial charge in [-0.05, 0) is 64.1 Å². The second-order valence-electron chi connectivity index (χ2n) is 6.79. The smallest absolute Gasteiger partial charge is 0.237 e. The van der Waals surface area contributed by atoms with Crippen LogP contribution in [0.4, 0.5) is 0 Å². The standard InChI is InChI=1S/C16H33N3O/c1-4-16(5-2)9-12-19(13-10-16)11-7-6-8-15(3,18)14(17)20/h4-13,18H2,1-3H3,(H2,17,20). The Bertz CT molecular complexity index is 301. The number of carbonyl (C=O) groups is 1. The first-order valence-electron chi connectivity index (χ1n) is 8.16. The monoisotopic (exact) mass is 283 g/mol. The van der Waals surface area contributed by atoms with Crippen molar-refractivity contribution in [3.05, 3.63) is 0 Å². The average molecular weight is 283 g/mol. The minimum absolute atomic E-state index is 0.397. The van der Waals surface area contributed by atoms with Crippen molar-refractivity contribution in [1.29, 1.82) is 0 Å². The summed E-state index contributed by atoms with van der Waals surface area (Å²) in [4.78, 5) is 13.7. The largest absolute Gasteiger partial charge is 0.368 e. The third-order valence-electron chi connectivity index (χ3n) is 5.40.